The number of amides is 1. The van der Waals surface area contributed by atoms with Gasteiger partial charge in [-0.2, -0.15) is 0 Å². The van der Waals surface area contributed by atoms with Crippen molar-refractivity contribution >= 4 is 21.6 Å². The summed E-state index contributed by atoms with van der Waals surface area (Å²) in [6.07, 6.45) is 3.72. The molecule has 1 aromatic carbocycles. The summed E-state index contributed by atoms with van der Waals surface area (Å²) in [6.45, 7) is 3.17. The Bertz CT molecular complexity index is 593. The van der Waals surface area contributed by atoms with Crippen LogP contribution in [0.2, 0.25) is 0 Å². The van der Waals surface area contributed by atoms with Crippen molar-refractivity contribution in [2.24, 2.45) is 0 Å². The molecule has 0 bridgehead atoms. The Morgan fingerprint density at radius 2 is 2.00 bits per heavy atom. The van der Waals surface area contributed by atoms with Crippen molar-refractivity contribution < 1.29 is 13.2 Å². The van der Waals surface area contributed by atoms with Crippen LogP contribution in [0.4, 0.5) is 5.69 Å². The highest BCUT2D eigenvalue weighted by Crippen LogP contribution is 2.15. The quantitative estimate of drug-likeness (QED) is 0.739. The molecule has 1 aliphatic rings. The van der Waals surface area contributed by atoms with Crippen LogP contribution in [0, 0.1) is 0 Å². The van der Waals surface area contributed by atoms with E-state index in [9.17, 15) is 13.2 Å². The molecule has 1 aromatic rings. The molecule has 0 spiro atoms. The summed E-state index contributed by atoms with van der Waals surface area (Å²) in [5.41, 5.74) is 0.604. The van der Waals surface area contributed by atoms with Crippen LogP contribution >= 0.6 is 0 Å². The first-order chi connectivity index (χ1) is 10.5. The number of carbonyl (C=O) groups excluding carboxylic acids is 1. The van der Waals surface area contributed by atoms with Crippen LogP contribution in [-0.2, 0) is 14.8 Å². The molecule has 1 fully saturated rings. The molecule has 2 rings (SSSR count). The Hall–Kier alpha value is -1.44. The van der Waals surface area contributed by atoms with Gasteiger partial charge in [0, 0.05) is 12.2 Å². The average molecular weight is 325 g/mol. The first-order valence-corrected chi connectivity index (χ1v) is 9.15. The molecule has 6 nitrogen and oxygen atoms in total. The van der Waals surface area contributed by atoms with Crippen molar-refractivity contribution in [2.75, 3.05) is 18.4 Å². The van der Waals surface area contributed by atoms with Gasteiger partial charge in [0.2, 0.25) is 15.9 Å². The van der Waals surface area contributed by atoms with Crippen molar-refractivity contribution in [3.63, 3.8) is 0 Å². The normalized spacial score (nSPS) is 18.9. The smallest absolute Gasteiger partial charge is 0.241 e. The van der Waals surface area contributed by atoms with Gasteiger partial charge in [-0.05, 0) is 50.1 Å². The van der Waals surface area contributed by atoms with E-state index < -0.39 is 10.0 Å². The minimum Gasteiger partial charge on any atom is -0.325 e. The number of rotatable bonds is 6. The third-order valence-electron chi connectivity index (χ3n) is 3.60. The molecular formula is C15H23N3O3S. The second-order valence-corrected chi connectivity index (χ2v) is 7.18. The van der Waals surface area contributed by atoms with E-state index in [2.05, 4.69) is 15.4 Å². The number of hydrogen-bond donors (Lipinski definition) is 3. The summed E-state index contributed by atoms with van der Waals surface area (Å²) in [6, 6.07) is 6.06. The lowest BCUT2D eigenvalue weighted by atomic mass is 10.0. The number of hydrogen-bond acceptors (Lipinski definition) is 4. The molecule has 0 radical (unpaired) electrons. The maximum absolute atomic E-state index is 12.1. The molecule has 1 atom stereocenters. The number of piperidine rings is 1. The number of carbonyl (C=O) groups is 1. The highest BCUT2D eigenvalue weighted by molar-refractivity contribution is 7.89. The Morgan fingerprint density at radius 3 is 2.59 bits per heavy atom. The molecule has 1 aliphatic heterocycles. The molecular weight excluding hydrogens is 302 g/mol. The zero-order chi connectivity index (χ0) is 16.0. The van der Waals surface area contributed by atoms with E-state index in [1.807, 2.05) is 6.92 Å². The highest BCUT2D eigenvalue weighted by atomic mass is 32.2. The molecule has 1 unspecified atom stereocenters. The predicted molar refractivity (Wildman–Crippen MR) is 86.2 cm³/mol. The van der Waals surface area contributed by atoms with Gasteiger partial charge < -0.3 is 10.6 Å². The van der Waals surface area contributed by atoms with Crippen LogP contribution < -0.4 is 15.4 Å². The standard InChI is InChI=1S/C15H23N3O3S/c1-2-10-17-22(20,21)13-8-6-12(7-9-13)18-15(19)14-5-3-4-11-16-14/h6-9,14,16-17H,2-5,10-11H2,1H3,(H,18,19). The van der Waals surface area contributed by atoms with Gasteiger partial charge in [0.05, 0.1) is 10.9 Å². The van der Waals surface area contributed by atoms with Crippen molar-refractivity contribution in [3.05, 3.63) is 24.3 Å². The Balaban J connectivity index is 1.98. The highest BCUT2D eigenvalue weighted by Gasteiger charge is 2.20. The lowest BCUT2D eigenvalue weighted by molar-refractivity contribution is -0.118. The molecule has 122 valence electrons. The minimum atomic E-state index is -3.46. The molecule has 1 amide bonds. The van der Waals surface area contributed by atoms with E-state index in [4.69, 9.17) is 0 Å². The van der Waals surface area contributed by atoms with Crippen LogP contribution in [-0.4, -0.2) is 33.5 Å². The van der Waals surface area contributed by atoms with Gasteiger partial charge in [0.15, 0.2) is 0 Å². The maximum Gasteiger partial charge on any atom is 0.241 e. The third-order valence-corrected chi connectivity index (χ3v) is 5.08. The summed E-state index contributed by atoms with van der Waals surface area (Å²) < 4.78 is 26.4. The first-order valence-electron chi connectivity index (χ1n) is 7.67. The van der Waals surface area contributed by atoms with Crippen molar-refractivity contribution in [1.29, 1.82) is 0 Å². The summed E-state index contributed by atoms with van der Waals surface area (Å²) in [5.74, 6) is -0.0700. The molecule has 0 saturated carbocycles. The van der Waals surface area contributed by atoms with Gasteiger partial charge in [-0.15, -0.1) is 0 Å². The van der Waals surface area contributed by atoms with E-state index >= 15 is 0 Å². The van der Waals surface area contributed by atoms with Gasteiger partial charge >= 0.3 is 0 Å². The van der Waals surface area contributed by atoms with E-state index in [0.29, 0.717) is 12.2 Å². The van der Waals surface area contributed by atoms with Gasteiger partial charge in [0.1, 0.15) is 0 Å². The fraction of sp³-hybridized carbons (Fsp3) is 0.533. The van der Waals surface area contributed by atoms with Crippen LogP contribution in [0.5, 0.6) is 0 Å². The molecule has 22 heavy (non-hydrogen) atoms. The molecule has 1 saturated heterocycles. The Labute approximate surface area is 131 Å². The van der Waals surface area contributed by atoms with Gasteiger partial charge in [-0.3, -0.25) is 4.79 Å². The SMILES string of the molecule is CCCNS(=O)(=O)c1ccc(NC(=O)C2CCCCN2)cc1. The largest absolute Gasteiger partial charge is 0.325 e. The summed E-state index contributed by atoms with van der Waals surface area (Å²) in [7, 11) is -3.46. The molecule has 3 N–H and O–H groups in total. The molecule has 1 heterocycles. The van der Waals surface area contributed by atoms with E-state index in [0.717, 1.165) is 32.2 Å². The second-order valence-electron chi connectivity index (χ2n) is 5.41. The number of nitrogens with one attached hydrogen (secondary N) is 3. The third kappa shape index (κ3) is 4.53. The van der Waals surface area contributed by atoms with Crippen LogP contribution in [0.15, 0.2) is 29.2 Å². The Morgan fingerprint density at radius 1 is 1.27 bits per heavy atom. The van der Waals surface area contributed by atoms with E-state index in [1.54, 1.807) is 12.1 Å². The fourth-order valence-corrected chi connectivity index (χ4v) is 3.48. The maximum atomic E-state index is 12.1. The molecule has 0 aliphatic carbocycles. The number of benzene rings is 1. The van der Waals surface area contributed by atoms with Crippen molar-refractivity contribution in [2.45, 2.75) is 43.5 Å². The van der Waals surface area contributed by atoms with Crippen LogP contribution in [0.25, 0.3) is 0 Å². The molecule has 7 heteroatoms. The first kappa shape index (κ1) is 16.9. The number of anilines is 1. The molecule has 0 aromatic heterocycles. The zero-order valence-corrected chi connectivity index (χ0v) is 13.6. The monoisotopic (exact) mass is 325 g/mol. The summed E-state index contributed by atoms with van der Waals surface area (Å²) in [4.78, 5) is 12.3. The van der Waals surface area contributed by atoms with Gasteiger partial charge in [0.25, 0.3) is 0 Å². The summed E-state index contributed by atoms with van der Waals surface area (Å²) >= 11 is 0. The summed E-state index contributed by atoms with van der Waals surface area (Å²) in [5, 5.41) is 6.00. The topological polar surface area (TPSA) is 87.3 Å². The lowest BCUT2D eigenvalue weighted by Crippen LogP contribution is -2.43. The fourth-order valence-electron chi connectivity index (χ4n) is 2.34. The lowest BCUT2D eigenvalue weighted by Gasteiger charge is -2.22. The van der Waals surface area contributed by atoms with E-state index in [1.165, 1.54) is 12.1 Å². The average Bonchev–Trinajstić information content (AvgIpc) is 2.54. The van der Waals surface area contributed by atoms with Crippen LogP contribution in [0.3, 0.4) is 0 Å². The minimum absolute atomic E-state index is 0.0700. The Kier molecular flexibility index (Phi) is 5.93. The predicted octanol–water partition coefficient (Wildman–Crippen LogP) is 1.46. The van der Waals surface area contributed by atoms with Crippen LogP contribution in [0.1, 0.15) is 32.6 Å². The van der Waals surface area contributed by atoms with E-state index in [-0.39, 0.29) is 16.8 Å². The van der Waals surface area contributed by atoms with Gasteiger partial charge in [-0.1, -0.05) is 13.3 Å². The number of sulfonamides is 1. The van der Waals surface area contributed by atoms with Gasteiger partial charge in [-0.25, -0.2) is 13.1 Å². The van der Waals surface area contributed by atoms with Crippen molar-refractivity contribution in [1.82, 2.24) is 10.0 Å². The second kappa shape index (κ2) is 7.71. The zero-order valence-electron chi connectivity index (χ0n) is 12.8. The van der Waals surface area contributed by atoms with Crippen molar-refractivity contribution in [3.8, 4) is 0 Å².